The molecule has 1 heterocycles. The van der Waals surface area contributed by atoms with Crippen molar-refractivity contribution >= 4 is 10.9 Å². The van der Waals surface area contributed by atoms with Crippen LogP contribution in [0.25, 0.3) is 10.9 Å². The smallest absolute Gasteiger partial charge is 0.174 e. The second kappa shape index (κ2) is 5.34. The quantitative estimate of drug-likeness (QED) is 0.741. The lowest BCUT2D eigenvalue weighted by Crippen LogP contribution is -2.19. The first-order chi connectivity index (χ1) is 8.28. The first-order valence-electron chi connectivity index (χ1n) is 5.91. The molecular formula is C14H19NO2. The van der Waals surface area contributed by atoms with E-state index in [9.17, 15) is 0 Å². The van der Waals surface area contributed by atoms with Gasteiger partial charge in [-0.25, -0.2) is 0 Å². The fraction of sp³-hybridized carbons (Fsp3) is 0.429. The minimum atomic E-state index is -0.198. The van der Waals surface area contributed by atoms with Gasteiger partial charge in [-0.1, -0.05) is 13.0 Å². The maximum atomic E-state index is 5.22. The molecule has 0 spiro atoms. The van der Waals surface area contributed by atoms with Crippen LogP contribution in [0.1, 0.15) is 12.5 Å². The van der Waals surface area contributed by atoms with Crippen LogP contribution in [0.3, 0.4) is 0 Å². The number of benzene rings is 1. The predicted octanol–water partition coefficient (Wildman–Crippen LogP) is 2.82. The first kappa shape index (κ1) is 12.1. The molecule has 0 atom stereocenters. The molecule has 2 rings (SSSR count). The van der Waals surface area contributed by atoms with E-state index in [1.54, 1.807) is 14.2 Å². The maximum Gasteiger partial charge on any atom is 0.174 e. The van der Waals surface area contributed by atoms with Crippen molar-refractivity contribution in [3.05, 3.63) is 36.0 Å². The van der Waals surface area contributed by atoms with Crippen LogP contribution in [0.5, 0.6) is 0 Å². The number of aromatic nitrogens is 1. The molecule has 0 radical (unpaired) electrons. The Labute approximate surface area is 102 Å². The number of hydrogen-bond acceptors (Lipinski definition) is 2. The van der Waals surface area contributed by atoms with E-state index in [0.717, 1.165) is 6.42 Å². The lowest BCUT2D eigenvalue weighted by atomic mass is 10.1. The third-order valence-electron chi connectivity index (χ3n) is 3.12. The number of hydrogen-bond donors (Lipinski definition) is 0. The van der Waals surface area contributed by atoms with Gasteiger partial charge in [0.05, 0.1) is 6.54 Å². The van der Waals surface area contributed by atoms with Crippen molar-refractivity contribution in [3.63, 3.8) is 0 Å². The van der Waals surface area contributed by atoms with Gasteiger partial charge < -0.3 is 14.0 Å². The van der Waals surface area contributed by atoms with Crippen molar-refractivity contribution in [2.45, 2.75) is 26.2 Å². The van der Waals surface area contributed by atoms with Gasteiger partial charge in [-0.2, -0.15) is 0 Å². The monoisotopic (exact) mass is 233 g/mol. The molecule has 17 heavy (non-hydrogen) atoms. The Morgan fingerprint density at radius 2 is 1.94 bits per heavy atom. The molecule has 0 aliphatic rings. The summed E-state index contributed by atoms with van der Waals surface area (Å²) in [5.41, 5.74) is 2.59. The van der Waals surface area contributed by atoms with Crippen LogP contribution in [0.2, 0.25) is 0 Å². The summed E-state index contributed by atoms with van der Waals surface area (Å²) in [4.78, 5) is 0. The van der Waals surface area contributed by atoms with Gasteiger partial charge >= 0.3 is 0 Å². The Morgan fingerprint density at radius 3 is 2.59 bits per heavy atom. The van der Waals surface area contributed by atoms with E-state index in [1.807, 2.05) is 0 Å². The van der Waals surface area contributed by atoms with Crippen LogP contribution < -0.4 is 0 Å². The molecule has 0 N–H and O–H groups in total. The van der Waals surface area contributed by atoms with E-state index in [1.165, 1.54) is 16.5 Å². The van der Waals surface area contributed by atoms with Crippen LogP contribution in [0, 0.1) is 0 Å². The molecule has 0 unspecified atom stereocenters. The summed E-state index contributed by atoms with van der Waals surface area (Å²) in [7, 11) is 3.32. The Morgan fingerprint density at radius 1 is 1.18 bits per heavy atom. The van der Waals surface area contributed by atoms with Gasteiger partial charge in [-0.15, -0.1) is 0 Å². The third-order valence-corrected chi connectivity index (χ3v) is 3.12. The number of aryl methyl sites for hydroxylation is 1. The Balaban J connectivity index is 2.30. The number of methoxy groups -OCH3 is 2. The van der Waals surface area contributed by atoms with Crippen LogP contribution in [-0.2, 0) is 22.4 Å². The molecule has 0 aliphatic heterocycles. The lowest BCUT2D eigenvalue weighted by molar-refractivity contribution is -0.110. The molecule has 0 fully saturated rings. The van der Waals surface area contributed by atoms with Crippen LogP contribution >= 0.6 is 0 Å². The van der Waals surface area contributed by atoms with E-state index in [0.29, 0.717) is 6.54 Å². The summed E-state index contributed by atoms with van der Waals surface area (Å²) in [6, 6.07) is 8.71. The van der Waals surface area contributed by atoms with E-state index in [4.69, 9.17) is 9.47 Å². The van der Waals surface area contributed by atoms with E-state index in [-0.39, 0.29) is 6.29 Å². The summed E-state index contributed by atoms with van der Waals surface area (Å²) < 4.78 is 12.6. The maximum absolute atomic E-state index is 5.22. The lowest BCUT2D eigenvalue weighted by Gasteiger charge is -2.15. The second-order valence-corrected chi connectivity index (χ2v) is 4.12. The molecule has 0 aliphatic carbocycles. The third kappa shape index (κ3) is 2.51. The predicted molar refractivity (Wildman–Crippen MR) is 69.1 cm³/mol. The zero-order valence-corrected chi connectivity index (χ0v) is 10.6. The SMILES string of the molecule is CCc1ccc2c(ccn2CC(OC)OC)c1. The van der Waals surface area contributed by atoms with Crippen LogP contribution in [-0.4, -0.2) is 25.1 Å². The van der Waals surface area contributed by atoms with Gasteiger partial charge in [0, 0.05) is 25.9 Å². The highest BCUT2D eigenvalue weighted by Crippen LogP contribution is 2.18. The summed E-state index contributed by atoms with van der Waals surface area (Å²) in [6.07, 6.45) is 2.95. The van der Waals surface area contributed by atoms with Crippen molar-refractivity contribution in [1.29, 1.82) is 0 Å². The van der Waals surface area contributed by atoms with Crippen molar-refractivity contribution in [2.24, 2.45) is 0 Å². The van der Waals surface area contributed by atoms with E-state index >= 15 is 0 Å². The van der Waals surface area contributed by atoms with Gasteiger partial charge in [0.15, 0.2) is 6.29 Å². The molecule has 0 saturated heterocycles. The highest BCUT2D eigenvalue weighted by Gasteiger charge is 2.08. The average Bonchev–Trinajstić information content (AvgIpc) is 2.78. The number of fused-ring (bicyclic) bond motifs is 1. The Kier molecular flexibility index (Phi) is 3.82. The van der Waals surface area contributed by atoms with Gasteiger partial charge in [0.25, 0.3) is 0 Å². The molecule has 2 aromatic rings. The van der Waals surface area contributed by atoms with Crippen molar-refractivity contribution in [1.82, 2.24) is 4.57 Å². The topological polar surface area (TPSA) is 23.4 Å². The van der Waals surface area contributed by atoms with Crippen LogP contribution in [0.4, 0.5) is 0 Å². The van der Waals surface area contributed by atoms with Crippen molar-refractivity contribution in [3.8, 4) is 0 Å². The summed E-state index contributed by atoms with van der Waals surface area (Å²) in [5.74, 6) is 0. The van der Waals surface area contributed by atoms with Gasteiger partial charge in [0.1, 0.15) is 0 Å². The van der Waals surface area contributed by atoms with Gasteiger partial charge in [0.2, 0.25) is 0 Å². The number of ether oxygens (including phenoxy) is 2. The molecular weight excluding hydrogens is 214 g/mol. The molecule has 3 heteroatoms. The minimum absolute atomic E-state index is 0.198. The zero-order chi connectivity index (χ0) is 12.3. The average molecular weight is 233 g/mol. The van der Waals surface area contributed by atoms with Crippen molar-refractivity contribution < 1.29 is 9.47 Å². The summed E-state index contributed by atoms with van der Waals surface area (Å²) in [5, 5.41) is 1.27. The number of rotatable bonds is 5. The zero-order valence-electron chi connectivity index (χ0n) is 10.6. The van der Waals surface area contributed by atoms with Gasteiger partial charge in [-0.05, 0) is 35.6 Å². The highest BCUT2D eigenvalue weighted by molar-refractivity contribution is 5.80. The fourth-order valence-corrected chi connectivity index (χ4v) is 2.03. The van der Waals surface area contributed by atoms with E-state index < -0.39 is 0 Å². The normalized spacial score (nSPS) is 11.5. The molecule has 1 aromatic carbocycles. The number of nitrogens with zero attached hydrogens (tertiary/aromatic N) is 1. The summed E-state index contributed by atoms with van der Waals surface area (Å²) in [6.45, 7) is 2.88. The van der Waals surface area contributed by atoms with E-state index in [2.05, 4.69) is 42.0 Å². The highest BCUT2D eigenvalue weighted by atomic mass is 16.7. The van der Waals surface area contributed by atoms with Crippen molar-refractivity contribution in [2.75, 3.05) is 14.2 Å². The molecule has 0 amide bonds. The standard InChI is InChI=1S/C14H19NO2/c1-4-11-5-6-13-12(9-11)7-8-15(13)10-14(16-2)17-3/h5-9,14H,4,10H2,1-3H3. The molecule has 0 bridgehead atoms. The minimum Gasteiger partial charge on any atom is -0.354 e. The molecule has 0 saturated carbocycles. The summed E-state index contributed by atoms with van der Waals surface area (Å²) >= 11 is 0. The molecule has 3 nitrogen and oxygen atoms in total. The largest absolute Gasteiger partial charge is 0.354 e. The fourth-order valence-electron chi connectivity index (χ4n) is 2.03. The van der Waals surface area contributed by atoms with Gasteiger partial charge in [-0.3, -0.25) is 0 Å². The molecule has 1 aromatic heterocycles. The Hall–Kier alpha value is -1.32. The molecule has 92 valence electrons. The second-order valence-electron chi connectivity index (χ2n) is 4.12. The van der Waals surface area contributed by atoms with Crippen LogP contribution in [0.15, 0.2) is 30.5 Å². The first-order valence-corrected chi connectivity index (χ1v) is 5.91. The Bertz CT molecular complexity index is 486.